The zero-order valence-electron chi connectivity index (χ0n) is 19.5. The molecule has 0 saturated carbocycles. The number of benzene rings is 2. The van der Waals surface area contributed by atoms with E-state index in [2.05, 4.69) is 16.3 Å². The van der Waals surface area contributed by atoms with E-state index in [1.807, 2.05) is 13.0 Å². The summed E-state index contributed by atoms with van der Waals surface area (Å²) < 4.78 is 41.7. The second-order valence-corrected chi connectivity index (χ2v) is 12.0. The molecule has 1 saturated heterocycles. The molecule has 0 bridgehead atoms. The van der Waals surface area contributed by atoms with Crippen LogP contribution in [-0.4, -0.2) is 67.2 Å². The number of rotatable bonds is 5. The third-order valence-electron chi connectivity index (χ3n) is 6.84. The topological polar surface area (TPSA) is 60.9 Å². The Morgan fingerprint density at radius 3 is 2.60 bits per heavy atom. The zero-order valence-corrected chi connectivity index (χ0v) is 21.1. The Morgan fingerprint density at radius 1 is 1.06 bits per heavy atom. The van der Waals surface area contributed by atoms with Crippen molar-refractivity contribution in [3.63, 3.8) is 0 Å². The largest absolute Gasteiger partial charge is 0.339 e. The molecule has 9 heteroatoms. The van der Waals surface area contributed by atoms with Crippen LogP contribution in [0.1, 0.15) is 29.0 Å². The molecule has 2 aromatic carbocycles. The first-order valence-corrected chi connectivity index (χ1v) is 14.1. The molecule has 5 rings (SSSR count). The number of sulfonamides is 1. The molecule has 0 aliphatic carbocycles. The summed E-state index contributed by atoms with van der Waals surface area (Å²) in [6.45, 7) is 3.69. The van der Waals surface area contributed by atoms with Crippen molar-refractivity contribution < 1.29 is 17.6 Å². The summed E-state index contributed by atoms with van der Waals surface area (Å²) in [6.07, 6.45) is 0.853. The van der Waals surface area contributed by atoms with Gasteiger partial charge in [0.2, 0.25) is 15.9 Å². The second kappa shape index (κ2) is 9.81. The minimum absolute atomic E-state index is 0.0336. The van der Waals surface area contributed by atoms with Crippen molar-refractivity contribution in [2.45, 2.75) is 30.3 Å². The molecule has 35 heavy (non-hydrogen) atoms. The van der Waals surface area contributed by atoms with Gasteiger partial charge in [-0.2, -0.15) is 4.31 Å². The molecule has 1 aromatic heterocycles. The molecule has 2 atom stereocenters. The van der Waals surface area contributed by atoms with Gasteiger partial charge in [0.05, 0.1) is 17.5 Å². The van der Waals surface area contributed by atoms with Crippen LogP contribution in [-0.2, 0) is 21.2 Å². The number of piperazine rings is 1. The summed E-state index contributed by atoms with van der Waals surface area (Å²) in [5, 5.41) is 2.05. The maximum absolute atomic E-state index is 14.1. The Kier molecular flexibility index (Phi) is 6.76. The monoisotopic (exact) mass is 513 g/mol. The van der Waals surface area contributed by atoms with E-state index in [0.29, 0.717) is 19.6 Å². The third kappa shape index (κ3) is 4.78. The average Bonchev–Trinajstić information content (AvgIpc) is 3.33. The molecule has 3 heterocycles. The van der Waals surface area contributed by atoms with E-state index in [0.717, 1.165) is 17.5 Å². The molecule has 2 aliphatic rings. The van der Waals surface area contributed by atoms with E-state index in [1.54, 1.807) is 58.7 Å². The highest BCUT2D eigenvalue weighted by molar-refractivity contribution is 7.89. The molecule has 6 nitrogen and oxygen atoms in total. The lowest BCUT2D eigenvalue weighted by atomic mass is 9.93. The van der Waals surface area contributed by atoms with Crippen molar-refractivity contribution in [1.82, 2.24) is 14.1 Å². The minimum Gasteiger partial charge on any atom is -0.339 e. The van der Waals surface area contributed by atoms with Crippen LogP contribution in [0.15, 0.2) is 70.9 Å². The zero-order chi connectivity index (χ0) is 24.6. The number of nitrogens with zero attached hydrogens (tertiary/aromatic N) is 3. The van der Waals surface area contributed by atoms with Crippen LogP contribution in [0.2, 0.25) is 0 Å². The Labute approximate surface area is 209 Å². The fourth-order valence-corrected chi connectivity index (χ4v) is 7.67. The second-order valence-electron chi connectivity index (χ2n) is 9.09. The van der Waals surface area contributed by atoms with E-state index >= 15 is 0 Å². The van der Waals surface area contributed by atoms with Crippen LogP contribution in [0, 0.1) is 5.82 Å². The van der Waals surface area contributed by atoms with Crippen LogP contribution in [0.5, 0.6) is 0 Å². The Morgan fingerprint density at radius 2 is 1.86 bits per heavy atom. The summed E-state index contributed by atoms with van der Waals surface area (Å²) in [4.78, 5) is 18.8. The lowest BCUT2D eigenvalue weighted by Gasteiger charge is -2.41. The maximum atomic E-state index is 14.1. The van der Waals surface area contributed by atoms with Crippen molar-refractivity contribution in [2.75, 3.05) is 32.7 Å². The average molecular weight is 514 g/mol. The molecule has 0 N–H and O–H groups in total. The number of hydrogen-bond donors (Lipinski definition) is 0. The molecular formula is C26H28FN3O3S2. The van der Waals surface area contributed by atoms with Crippen LogP contribution in [0.3, 0.4) is 0 Å². The van der Waals surface area contributed by atoms with Crippen LogP contribution in [0.25, 0.3) is 0 Å². The fraction of sp³-hybridized carbons (Fsp3) is 0.346. The predicted molar refractivity (Wildman–Crippen MR) is 134 cm³/mol. The van der Waals surface area contributed by atoms with E-state index in [4.69, 9.17) is 0 Å². The van der Waals surface area contributed by atoms with Gasteiger partial charge in [0.15, 0.2) is 0 Å². The SMILES string of the molecule is C[C@H]1CN(C(=O)CN2CCc3sccc3[C@H]2c2cccc(F)c2)CCN1S(=O)(=O)c1ccccc1. The molecule has 2 aliphatic heterocycles. The summed E-state index contributed by atoms with van der Waals surface area (Å²) in [5.74, 6) is -0.325. The van der Waals surface area contributed by atoms with Gasteiger partial charge in [-0.05, 0) is 60.2 Å². The molecular weight excluding hydrogens is 485 g/mol. The number of amides is 1. The van der Waals surface area contributed by atoms with Gasteiger partial charge >= 0.3 is 0 Å². The third-order valence-corrected chi connectivity index (χ3v) is 9.86. The van der Waals surface area contributed by atoms with E-state index in [1.165, 1.54) is 15.2 Å². The number of thiophene rings is 1. The summed E-state index contributed by atoms with van der Waals surface area (Å²) in [7, 11) is -3.61. The predicted octanol–water partition coefficient (Wildman–Crippen LogP) is 3.76. The van der Waals surface area contributed by atoms with E-state index in [9.17, 15) is 17.6 Å². The normalized spacial score (nSPS) is 21.6. The highest BCUT2D eigenvalue weighted by Gasteiger charge is 2.37. The van der Waals surface area contributed by atoms with Crippen molar-refractivity contribution in [1.29, 1.82) is 0 Å². The summed E-state index contributed by atoms with van der Waals surface area (Å²) in [6, 6.07) is 16.6. The minimum atomic E-state index is -3.61. The summed E-state index contributed by atoms with van der Waals surface area (Å²) >= 11 is 1.70. The molecule has 3 aromatic rings. The van der Waals surface area contributed by atoms with Gasteiger partial charge in [0, 0.05) is 37.1 Å². The smallest absolute Gasteiger partial charge is 0.243 e. The lowest BCUT2D eigenvalue weighted by molar-refractivity contribution is -0.135. The maximum Gasteiger partial charge on any atom is 0.243 e. The van der Waals surface area contributed by atoms with Crippen LogP contribution >= 0.6 is 11.3 Å². The highest BCUT2D eigenvalue weighted by atomic mass is 32.2. The number of carbonyl (C=O) groups excluding carboxylic acids is 1. The van der Waals surface area contributed by atoms with Gasteiger partial charge in [-0.15, -0.1) is 11.3 Å². The number of halogens is 1. The van der Waals surface area contributed by atoms with Crippen molar-refractivity contribution in [3.05, 3.63) is 87.9 Å². The Balaban J connectivity index is 1.31. The van der Waals surface area contributed by atoms with Crippen LogP contribution < -0.4 is 0 Å². The Bertz CT molecular complexity index is 1310. The van der Waals surface area contributed by atoms with Gasteiger partial charge in [-0.3, -0.25) is 9.69 Å². The molecule has 1 amide bonds. The van der Waals surface area contributed by atoms with Gasteiger partial charge in [-0.1, -0.05) is 30.3 Å². The highest BCUT2D eigenvalue weighted by Crippen LogP contribution is 2.38. The summed E-state index contributed by atoms with van der Waals surface area (Å²) in [5.41, 5.74) is 1.97. The fourth-order valence-electron chi connectivity index (χ4n) is 5.13. The van der Waals surface area contributed by atoms with Crippen molar-refractivity contribution >= 4 is 27.3 Å². The molecule has 1 fully saturated rings. The van der Waals surface area contributed by atoms with Gasteiger partial charge in [0.25, 0.3) is 0 Å². The number of hydrogen-bond acceptors (Lipinski definition) is 5. The first-order valence-electron chi connectivity index (χ1n) is 11.7. The van der Waals surface area contributed by atoms with Gasteiger partial charge in [0.1, 0.15) is 5.82 Å². The number of fused-ring (bicyclic) bond motifs is 1. The van der Waals surface area contributed by atoms with E-state index in [-0.39, 0.29) is 41.8 Å². The Hall–Kier alpha value is -2.59. The first-order chi connectivity index (χ1) is 16.8. The van der Waals surface area contributed by atoms with Gasteiger partial charge in [-0.25, -0.2) is 12.8 Å². The van der Waals surface area contributed by atoms with Crippen molar-refractivity contribution in [3.8, 4) is 0 Å². The first kappa shape index (κ1) is 24.1. The molecule has 0 radical (unpaired) electrons. The molecule has 0 spiro atoms. The van der Waals surface area contributed by atoms with Crippen LogP contribution in [0.4, 0.5) is 4.39 Å². The molecule has 0 unspecified atom stereocenters. The van der Waals surface area contributed by atoms with Gasteiger partial charge < -0.3 is 4.90 Å². The quantitative estimate of drug-likeness (QED) is 0.521. The lowest BCUT2D eigenvalue weighted by Crippen LogP contribution is -2.57. The number of carbonyl (C=O) groups is 1. The molecule has 184 valence electrons. The van der Waals surface area contributed by atoms with Crippen molar-refractivity contribution in [2.24, 2.45) is 0 Å². The van der Waals surface area contributed by atoms with E-state index < -0.39 is 10.0 Å². The standard InChI is InChI=1S/C26H28FN3O3S2/c1-19-17-28(13-14-30(19)35(32,33)22-8-3-2-4-9-22)25(31)18-29-12-10-24-23(11-15-34-24)26(29)20-6-5-7-21(27)16-20/h2-9,11,15-16,19,26H,10,12-14,17-18H2,1H3/t19-,26+/m0/s1.